The van der Waals surface area contributed by atoms with Gasteiger partial charge in [-0.3, -0.25) is 0 Å². The highest BCUT2D eigenvalue weighted by Crippen LogP contribution is 2.18. The molecule has 1 heterocycles. The molecule has 1 aliphatic heterocycles. The van der Waals surface area contributed by atoms with Crippen molar-refractivity contribution in [3.63, 3.8) is 0 Å². The minimum absolute atomic E-state index is 0. The van der Waals surface area contributed by atoms with Crippen molar-refractivity contribution >= 4 is 35.6 Å². The molecule has 0 unspecified atom stereocenters. The van der Waals surface area contributed by atoms with E-state index in [1.807, 2.05) is 0 Å². The van der Waals surface area contributed by atoms with Gasteiger partial charge in [-0.1, -0.05) is 31.4 Å². The predicted molar refractivity (Wildman–Crippen MR) is 110 cm³/mol. The van der Waals surface area contributed by atoms with Gasteiger partial charge >= 0.3 is 0 Å². The molecule has 5 nitrogen and oxygen atoms in total. The highest BCUT2D eigenvalue weighted by Gasteiger charge is 2.13. The summed E-state index contributed by atoms with van der Waals surface area (Å²) in [5.41, 5.74) is 8.46. The standard InChI is InChI=1S/C18H28N4O.HI/c19-18(21-16-4-2-1-3-5-16)20-14-15-6-8-17(9-7-15)22-10-12-23-13-11-22;/h6-9,16H,1-5,10-14H2,(H3,19,20,21);1H. The molecular formula is C18H29IN4O. The summed E-state index contributed by atoms with van der Waals surface area (Å²) in [5, 5.41) is 3.36. The number of nitrogens with zero attached hydrogens (tertiary/aromatic N) is 2. The van der Waals surface area contributed by atoms with Gasteiger partial charge in [0.25, 0.3) is 0 Å². The quantitative estimate of drug-likeness (QED) is 0.426. The molecule has 1 aliphatic carbocycles. The van der Waals surface area contributed by atoms with E-state index >= 15 is 0 Å². The van der Waals surface area contributed by atoms with E-state index in [1.54, 1.807) is 0 Å². The molecule has 3 rings (SSSR count). The average Bonchev–Trinajstić information content (AvgIpc) is 2.62. The molecule has 134 valence electrons. The number of rotatable bonds is 4. The number of hydrogen-bond acceptors (Lipinski definition) is 3. The number of ether oxygens (including phenoxy) is 1. The van der Waals surface area contributed by atoms with Crippen molar-refractivity contribution in [1.29, 1.82) is 0 Å². The fourth-order valence-electron chi connectivity index (χ4n) is 3.31. The van der Waals surface area contributed by atoms with Gasteiger partial charge in [0.05, 0.1) is 19.8 Å². The van der Waals surface area contributed by atoms with Crippen molar-refractivity contribution in [3.8, 4) is 0 Å². The Balaban J connectivity index is 0.00000208. The zero-order valence-corrected chi connectivity index (χ0v) is 16.6. The number of benzene rings is 1. The fourth-order valence-corrected chi connectivity index (χ4v) is 3.31. The van der Waals surface area contributed by atoms with E-state index in [0.717, 1.165) is 26.3 Å². The second-order valence-corrected chi connectivity index (χ2v) is 6.45. The molecule has 0 atom stereocenters. The number of hydrogen-bond donors (Lipinski definition) is 2. The molecule has 2 fully saturated rings. The van der Waals surface area contributed by atoms with Gasteiger partial charge in [-0.05, 0) is 30.5 Å². The van der Waals surface area contributed by atoms with E-state index in [9.17, 15) is 0 Å². The number of nitrogens with two attached hydrogens (primary N) is 1. The van der Waals surface area contributed by atoms with Crippen molar-refractivity contribution in [2.75, 3.05) is 31.2 Å². The molecular weight excluding hydrogens is 415 g/mol. The first-order valence-corrected chi connectivity index (χ1v) is 8.79. The van der Waals surface area contributed by atoms with Crippen LogP contribution < -0.4 is 16.0 Å². The van der Waals surface area contributed by atoms with Crippen LogP contribution in [0.15, 0.2) is 29.3 Å². The minimum atomic E-state index is 0. The van der Waals surface area contributed by atoms with Crippen LogP contribution in [-0.2, 0) is 11.3 Å². The zero-order chi connectivity index (χ0) is 15.9. The van der Waals surface area contributed by atoms with Crippen molar-refractivity contribution in [3.05, 3.63) is 29.8 Å². The molecule has 2 aliphatic rings. The van der Waals surface area contributed by atoms with Crippen molar-refractivity contribution in [1.82, 2.24) is 5.32 Å². The van der Waals surface area contributed by atoms with Crippen LogP contribution in [0.5, 0.6) is 0 Å². The normalized spacial score (nSPS) is 19.7. The van der Waals surface area contributed by atoms with Crippen LogP contribution in [0.2, 0.25) is 0 Å². The zero-order valence-electron chi connectivity index (χ0n) is 14.2. The topological polar surface area (TPSA) is 62.9 Å². The number of guanidine groups is 1. The smallest absolute Gasteiger partial charge is 0.189 e. The number of nitrogens with one attached hydrogen (secondary N) is 1. The molecule has 0 bridgehead atoms. The number of halogens is 1. The molecule has 6 heteroatoms. The molecule has 0 spiro atoms. The maximum atomic E-state index is 6.02. The maximum absolute atomic E-state index is 6.02. The molecule has 24 heavy (non-hydrogen) atoms. The van der Waals surface area contributed by atoms with Crippen molar-refractivity contribution in [2.24, 2.45) is 10.7 Å². The van der Waals surface area contributed by atoms with E-state index in [0.29, 0.717) is 18.5 Å². The molecule has 0 amide bonds. The lowest BCUT2D eigenvalue weighted by atomic mass is 9.96. The maximum Gasteiger partial charge on any atom is 0.189 e. The van der Waals surface area contributed by atoms with Crippen LogP contribution in [-0.4, -0.2) is 38.3 Å². The Morgan fingerprint density at radius 3 is 2.46 bits per heavy atom. The Hall–Kier alpha value is -1.02. The average molecular weight is 444 g/mol. The largest absolute Gasteiger partial charge is 0.378 e. The number of aliphatic imine (C=N–C) groups is 1. The van der Waals surface area contributed by atoms with Gasteiger partial charge in [0.15, 0.2) is 5.96 Å². The summed E-state index contributed by atoms with van der Waals surface area (Å²) >= 11 is 0. The Labute approximate surface area is 162 Å². The van der Waals surface area contributed by atoms with Crippen molar-refractivity contribution < 1.29 is 4.74 Å². The number of anilines is 1. The SMILES string of the molecule is I.NC(=NCc1ccc(N2CCOCC2)cc1)NC1CCCCC1. The summed E-state index contributed by atoms with van der Waals surface area (Å²) in [6, 6.07) is 9.13. The van der Waals surface area contributed by atoms with Crippen LogP contribution in [0, 0.1) is 0 Å². The summed E-state index contributed by atoms with van der Waals surface area (Å²) in [4.78, 5) is 6.84. The van der Waals surface area contributed by atoms with Crippen LogP contribution >= 0.6 is 24.0 Å². The molecule has 1 aromatic rings. The van der Waals surface area contributed by atoms with Gasteiger partial charge in [0, 0.05) is 24.8 Å². The van der Waals surface area contributed by atoms with Gasteiger partial charge < -0.3 is 20.7 Å². The summed E-state index contributed by atoms with van der Waals surface area (Å²) in [7, 11) is 0. The summed E-state index contributed by atoms with van der Waals surface area (Å²) in [5.74, 6) is 0.578. The Morgan fingerprint density at radius 2 is 1.79 bits per heavy atom. The fraction of sp³-hybridized carbons (Fsp3) is 0.611. The first-order valence-electron chi connectivity index (χ1n) is 8.79. The Morgan fingerprint density at radius 1 is 1.12 bits per heavy atom. The number of morpholine rings is 1. The lowest BCUT2D eigenvalue weighted by Gasteiger charge is -2.28. The second-order valence-electron chi connectivity index (χ2n) is 6.45. The second kappa shape index (κ2) is 10.1. The molecule has 0 radical (unpaired) electrons. The van der Waals surface area contributed by atoms with Gasteiger partial charge in [0.1, 0.15) is 0 Å². The first-order chi connectivity index (χ1) is 11.3. The molecule has 1 saturated carbocycles. The minimum Gasteiger partial charge on any atom is -0.378 e. The lowest BCUT2D eigenvalue weighted by molar-refractivity contribution is 0.122. The molecule has 3 N–H and O–H groups in total. The lowest BCUT2D eigenvalue weighted by Crippen LogP contribution is -2.41. The third kappa shape index (κ3) is 5.81. The highest BCUT2D eigenvalue weighted by atomic mass is 127. The monoisotopic (exact) mass is 444 g/mol. The molecule has 1 aromatic carbocycles. The van der Waals surface area contributed by atoms with E-state index in [-0.39, 0.29) is 24.0 Å². The summed E-state index contributed by atoms with van der Waals surface area (Å²) in [6.45, 7) is 4.20. The third-order valence-electron chi connectivity index (χ3n) is 4.70. The highest BCUT2D eigenvalue weighted by molar-refractivity contribution is 14.0. The van der Waals surface area contributed by atoms with E-state index in [2.05, 4.69) is 39.5 Å². The van der Waals surface area contributed by atoms with Crippen LogP contribution in [0.25, 0.3) is 0 Å². The van der Waals surface area contributed by atoms with Crippen molar-refractivity contribution in [2.45, 2.75) is 44.7 Å². The van der Waals surface area contributed by atoms with Crippen LogP contribution in [0.3, 0.4) is 0 Å². The van der Waals surface area contributed by atoms with E-state index < -0.39 is 0 Å². The predicted octanol–water partition coefficient (Wildman–Crippen LogP) is 2.88. The first kappa shape index (κ1) is 19.3. The van der Waals surface area contributed by atoms with Gasteiger partial charge in [-0.25, -0.2) is 4.99 Å². The summed E-state index contributed by atoms with van der Waals surface area (Å²) in [6.07, 6.45) is 6.38. The van der Waals surface area contributed by atoms with Gasteiger partial charge in [-0.2, -0.15) is 0 Å². The van der Waals surface area contributed by atoms with Gasteiger partial charge in [0.2, 0.25) is 0 Å². The Kier molecular flexibility index (Phi) is 8.11. The van der Waals surface area contributed by atoms with Gasteiger partial charge in [-0.15, -0.1) is 24.0 Å². The molecule has 1 saturated heterocycles. The summed E-state index contributed by atoms with van der Waals surface area (Å²) < 4.78 is 5.39. The van der Waals surface area contributed by atoms with Crippen LogP contribution in [0.1, 0.15) is 37.7 Å². The van der Waals surface area contributed by atoms with Crippen LogP contribution in [0.4, 0.5) is 5.69 Å². The van der Waals surface area contributed by atoms with E-state index in [1.165, 1.54) is 43.4 Å². The molecule has 0 aromatic heterocycles. The third-order valence-corrected chi connectivity index (χ3v) is 4.70. The Bertz CT molecular complexity index is 508. The van der Waals surface area contributed by atoms with E-state index in [4.69, 9.17) is 10.5 Å².